The third-order valence-corrected chi connectivity index (χ3v) is 13.2. The summed E-state index contributed by atoms with van der Waals surface area (Å²) in [6, 6.07) is 3.08. The van der Waals surface area contributed by atoms with Crippen LogP contribution in [0, 0.1) is 16.7 Å². The molecule has 7 fully saturated rings. The minimum Gasteiger partial charge on any atom is -0.451 e. The van der Waals surface area contributed by atoms with Crippen molar-refractivity contribution in [2.45, 2.75) is 93.0 Å². The van der Waals surface area contributed by atoms with Crippen LogP contribution in [0.25, 0.3) is 0 Å². The number of H-pyrrole nitrogens is 1. The van der Waals surface area contributed by atoms with Crippen LogP contribution in [-0.2, 0) is 23.1 Å². The Morgan fingerprint density at radius 2 is 1.97 bits per heavy atom. The van der Waals surface area contributed by atoms with Gasteiger partial charge in [0.2, 0.25) is 0 Å². The number of esters is 1. The Labute approximate surface area is 225 Å². The smallest absolute Gasteiger partial charge is 0.406 e. The first-order valence-corrected chi connectivity index (χ1v) is 14.8. The molecule has 4 saturated carbocycles. The highest BCUT2D eigenvalue weighted by Crippen LogP contribution is 2.94. The second-order valence-electron chi connectivity index (χ2n) is 12.9. The summed E-state index contributed by atoms with van der Waals surface area (Å²) in [7, 11) is -2.94. The molecule has 11 atom stereocenters. The molecule has 6 N–H and O–H groups in total. The van der Waals surface area contributed by atoms with E-state index in [0.29, 0.717) is 5.57 Å². The lowest BCUT2D eigenvalue weighted by atomic mass is 9.52. The SMILES string of the molecule is C=C1CC[C@]2(O)[C@]3(C)C[C@]4(O)O[C@]25[C@@H]1O[P@](=O)(NC)O[C@@]51[C@@]3(O)[C@H](OC(=O)c2ccc[nH]2)C(O)(C(C)C)[C@]14C. The lowest BCUT2D eigenvalue weighted by molar-refractivity contribution is -0.381. The molecule has 8 rings (SSSR count). The van der Waals surface area contributed by atoms with Gasteiger partial charge >= 0.3 is 13.7 Å². The number of ether oxygens (including phenoxy) is 2. The average molecular weight is 567 g/mol. The normalized spacial score (nSPS) is 58.3. The number of aromatic amines is 1. The second kappa shape index (κ2) is 6.72. The van der Waals surface area contributed by atoms with Crippen LogP contribution in [0.5, 0.6) is 0 Å². The molecular weight excluding hydrogens is 531 g/mol. The van der Waals surface area contributed by atoms with Crippen molar-refractivity contribution < 1.29 is 48.3 Å². The molecule has 12 nitrogen and oxygen atoms in total. The van der Waals surface area contributed by atoms with Crippen LogP contribution in [0.2, 0.25) is 0 Å². The maximum atomic E-state index is 14.1. The summed E-state index contributed by atoms with van der Waals surface area (Å²) in [5, 5.41) is 53.9. The molecule has 0 amide bonds. The summed E-state index contributed by atoms with van der Waals surface area (Å²) in [4.78, 5) is 16.2. The Balaban J connectivity index is 1.62. The van der Waals surface area contributed by atoms with Crippen LogP contribution in [0.1, 0.15) is 57.4 Å². The van der Waals surface area contributed by atoms with E-state index >= 15 is 0 Å². The summed E-state index contributed by atoms with van der Waals surface area (Å²) in [5.41, 5.74) is -14.1. The molecule has 1 aromatic heterocycles. The Morgan fingerprint density at radius 3 is 2.56 bits per heavy atom. The van der Waals surface area contributed by atoms with Crippen LogP contribution >= 0.6 is 7.75 Å². The van der Waals surface area contributed by atoms with E-state index in [4.69, 9.17) is 18.5 Å². The van der Waals surface area contributed by atoms with E-state index in [1.54, 1.807) is 26.8 Å². The third-order valence-electron chi connectivity index (χ3n) is 11.7. The van der Waals surface area contributed by atoms with Gasteiger partial charge in [-0.25, -0.2) is 14.4 Å². The molecule has 13 heteroatoms. The van der Waals surface area contributed by atoms with Crippen molar-refractivity contribution in [3.05, 3.63) is 36.2 Å². The average Bonchev–Trinajstić information content (AvgIpc) is 3.50. The number of hydrogen-bond donors (Lipinski definition) is 6. The van der Waals surface area contributed by atoms with Gasteiger partial charge in [-0.1, -0.05) is 27.4 Å². The van der Waals surface area contributed by atoms with Crippen molar-refractivity contribution in [3.63, 3.8) is 0 Å². The highest BCUT2D eigenvalue weighted by Gasteiger charge is 3.12. The number of carbonyl (C=O) groups excluding carboxylic acids is 1. The van der Waals surface area contributed by atoms with E-state index in [-0.39, 0.29) is 25.0 Å². The molecule has 4 heterocycles. The lowest BCUT2D eigenvalue weighted by Gasteiger charge is -2.60. The molecule has 0 aromatic carbocycles. The van der Waals surface area contributed by atoms with Gasteiger partial charge in [-0.05, 0) is 50.4 Å². The highest BCUT2D eigenvalue weighted by molar-refractivity contribution is 7.51. The fraction of sp³-hybridized carbons (Fsp3) is 0.731. The standard InChI is InChI=1S/C26H35N2O10P/c1-13(2)23(32)18(35-17(29)15-8-7-11-28-15)24(33)19(4)12-22(31)20(23,5)26(24)25(37-22)16(36-39(34,27-6)38-26)14(3)9-10-21(19,25)30/h7-8,11,13,16,18,28,30-33H,3,9-10,12H2,1-2,4-6H3,(H,27,34)/t16-,18-,19+,20-,21+,22+,23?,24-,25-,26+,39-/m1/s1. The monoisotopic (exact) mass is 566 g/mol. The first-order valence-electron chi connectivity index (χ1n) is 13.3. The van der Waals surface area contributed by atoms with Crippen LogP contribution in [0.3, 0.4) is 0 Å². The first-order chi connectivity index (χ1) is 18.0. The van der Waals surface area contributed by atoms with Gasteiger partial charge in [-0.2, -0.15) is 0 Å². The fourth-order valence-corrected chi connectivity index (χ4v) is 11.7. The van der Waals surface area contributed by atoms with E-state index in [1.165, 1.54) is 26.2 Å². The Bertz CT molecular complexity index is 1390. The largest absolute Gasteiger partial charge is 0.451 e. The molecule has 4 aliphatic carbocycles. The van der Waals surface area contributed by atoms with Gasteiger partial charge in [-0.3, -0.25) is 9.05 Å². The molecule has 1 unspecified atom stereocenters. The fourth-order valence-electron chi connectivity index (χ4n) is 10.0. The van der Waals surface area contributed by atoms with Gasteiger partial charge in [0, 0.05) is 18.0 Å². The number of carbonyl (C=O) groups is 1. The zero-order valence-corrected chi connectivity index (χ0v) is 23.4. The minimum absolute atomic E-state index is 0.0447. The van der Waals surface area contributed by atoms with Crippen molar-refractivity contribution >= 4 is 13.7 Å². The molecule has 214 valence electrons. The number of aromatic nitrogens is 1. The zero-order chi connectivity index (χ0) is 28.4. The molecular formula is C26H35N2O10P. The quantitative estimate of drug-likeness (QED) is 0.175. The summed E-state index contributed by atoms with van der Waals surface area (Å²) in [5.74, 6) is -3.86. The Kier molecular flexibility index (Phi) is 4.53. The maximum absolute atomic E-state index is 14.1. The van der Waals surface area contributed by atoms with E-state index < -0.39 is 76.5 Å². The highest BCUT2D eigenvalue weighted by atomic mass is 31.2. The molecule has 3 saturated heterocycles. The zero-order valence-electron chi connectivity index (χ0n) is 22.5. The molecule has 1 aromatic rings. The topological polar surface area (TPSA) is 180 Å². The van der Waals surface area contributed by atoms with E-state index in [2.05, 4.69) is 16.7 Å². The molecule has 7 aliphatic rings. The molecule has 2 spiro atoms. The van der Waals surface area contributed by atoms with Crippen LogP contribution in [0.4, 0.5) is 0 Å². The molecule has 39 heavy (non-hydrogen) atoms. The summed E-state index contributed by atoms with van der Waals surface area (Å²) >= 11 is 0. The van der Waals surface area contributed by atoms with Crippen molar-refractivity contribution in [1.82, 2.24) is 10.1 Å². The van der Waals surface area contributed by atoms with Crippen LogP contribution in [-0.4, -0.2) is 84.4 Å². The lowest BCUT2D eigenvalue weighted by Crippen LogP contribution is -2.77. The van der Waals surface area contributed by atoms with Gasteiger partial charge in [0.25, 0.3) is 0 Å². The predicted molar refractivity (Wildman–Crippen MR) is 133 cm³/mol. The van der Waals surface area contributed by atoms with Crippen LogP contribution < -0.4 is 5.09 Å². The second-order valence-corrected chi connectivity index (χ2v) is 14.7. The Hall–Kier alpha value is -1.60. The number of hydrogen-bond acceptors (Lipinski definition) is 10. The summed E-state index contributed by atoms with van der Waals surface area (Å²) in [6.45, 7) is 10.5. The van der Waals surface area contributed by atoms with Gasteiger partial charge in [-0.15, -0.1) is 0 Å². The molecule has 0 radical (unpaired) electrons. The summed E-state index contributed by atoms with van der Waals surface area (Å²) < 4.78 is 39.1. The van der Waals surface area contributed by atoms with Gasteiger partial charge in [0.1, 0.15) is 28.6 Å². The van der Waals surface area contributed by atoms with E-state index in [0.717, 1.165) is 0 Å². The van der Waals surface area contributed by atoms with Gasteiger partial charge in [0.15, 0.2) is 23.1 Å². The van der Waals surface area contributed by atoms with Gasteiger partial charge in [0.05, 0.1) is 5.41 Å². The third kappa shape index (κ3) is 2.04. The molecule has 3 aliphatic heterocycles. The van der Waals surface area contributed by atoms with Gasteiger partial charge < -0.3 is 34.9 Å². The van der Waals surface area contributed by atoms with E-state index in [9.17, 15) is 29.8 Å². The summed E-state index contributed by atoms with van der Waals surface area (Å²) in [6.07, 6.45) is -1.56. The minimum atomic E-state index is -4.29. The van der Waals surface area contributed by atoms with Crippen molar-refractivity contribution in [3.8, 4) is 0 Å². The number of nitrogens with one attached hydrogen (secondary N) is 2. The van der Waals surface area contributed by atoms with Crippen LogP contribution in [0.15, 0.2) is 30.5 Å². The first kappa shape index (κ1) is 26.3. The predicted octanol–water partition coefficient (Wildman–Crippen LogP) is 1.12. The maximum Gasteiger partial charge on any atom is 0.406 e. The van der Waals surface area contributed by atoms with E-state index in [1.807, 2.05) is 0 Å². The number of rotatable bonds is 4. The van der Waals surface area contributed by atoms with Crippen molar-refractivity contribution in [2.24, 2.45) is 16.7 Å². The number of aliphatic hydroxyl groups is 4. The molecule has 6 bridgehead atoms. The Morgan fingerprint density at radius 1 is 1.28 bits per heavy atom. The van der Waals surface area contributed by atoms with Crippen molar-refractivity contribution in [1.29, 1.82) is 0 Å². The van der Waals surface area contributed by atoms with Crippen molar-refractivity contribution in [2.75, 3.05) is 7.05 Å².